The molecule has 1 saturated heterocycles. The van der Waals surface area contributed by atoms with Crippen LogP contribution in [0.15, 0.2) is 182 Å². The summed E-state index contributed by atoms with van der Waals surface area (Å²) in [5.41, 5.74) is 8.12. The van der Waals surface area contributed by atoms with E-state index in [1.54, 1.807) is 12.0 Å². The Labute approximate surface area is 398 Å². The van der Waals surface area contributed by atoms with Crippen LogP contribution in [0.25, 0.3) is 16.6 Å². The van der Waals surface area contributed by atoms with Gasteiger partial charge in [-0.2, -0.15) is 0 Å². The third kappa shape index (κ3) is 9.47. The lowest BCUT2D eigenvalue weighted by molar-refractivity contribution is 0.0535. The molecule has 10 rings (SSSR count). The van der Waals surface area contributed by atoms with Gasteiger partial charge in [0.05, 0.1) is 29.4 Å². The Bertz CT molecular complexity index is 3010. The first kappa shape index (κ1) is 44.2. The van der Waals surface area contributed by atoms with Crippen LogP contribution < -0.4 is 19.1 Å². The van der Waals surface area contributed by atoms with Crippen LogP contribution in [0, 0.1) is 0 Å². The smallest absolute Gasteiger partial charge is 0.265 e. The molecule has 8 aromatic rings. The van der Waals surface area contributed by atoms with E-state index < -0.39 is 0 Å². The number of piperazine rings is 1. The first-order valence-corrected chi connectivity index (χ1v) is 23.3. The molecule has 2 aliphatic heterocycles. The predicted molar refractivity (Wildman–Crippen MR) is 268 cm³/mol. The summed E-state index contributed by atoms with van der Waals surface area (Å²) < 4.78 is 20.7. The average Bonchev–Trinajstić information content (AvgIpc) is 3.78. The number of amides is 2. The minimum Gasteiger partial charge on any atom is -0.493 e. The number of hydrogen-bond donors (Lipinski definition) is 0. The van der Waals surface area contributed by atoms with Gasteiger partial charge in [-0.15, -0.1) is 0 Å². The number of fused-ring (bicyclic) bond motifs is 2. The second kappa shape index (κ2) is 20.1. The highest BCUT2D eigenvalue weighted by atomic mass is 16.5. The third-order valence-electron chi connectivity index (χ3n) is 13.2. The fourth-order valence-electron chi connectivity index (χ4n) is 9.46. The Morgan fingerprint density at radius 2 is 1.22 bits per heavy atom. The molecule has 0 unspecified atom stereocenters. The quantitative estimate of drug-likeness (QED) is 0.108. The second-order valence-corrected chi connectivity index (χ2v) is 17.6. The van der Waals surface area contributed by atoms with E-state index >= 15 is 9.59 Å². The number of aromatic nitrogens is 1. The fourth-order valence-corrected chi connectivity index (χ4v) is 9.46. The number of benzene rings is 7. The molecule has 68 heavy (non-hydrogen) atoms. The van der Waals surface area contributed by atoms with Crippen molar-refractivity contribution in [2.75, 3.05) is 51.8 Å². The van der Waals surface area contributed by atoms with Gasteiger partial charge in [0.15, 0.2) is 11.5 Å². The minimum absolute atomic E-state index is 0.0717. The monoisotopic (exact) mass is 901 g/mol. The van der Waals surface area contributed by atoms with Crippen LogP contribution in [0.5, 0.6) is 17.2 Å². The van der Waals surface area contributed by atoms with Crippen molar-refractivity contribution < 1.29 is 23.8 Å². The lowest BCUT2D eigenvalue weighted by Gasteiger charge is -2.41. The SMILES string of the molecule is COc1cc(-n2cc(C(=O)N(c3ccccc3)c3ccc(OCc4ccccc4)cc3)c3ccccc32)c(C(=O)N2Cc3ccccc3C[C@H]2CN2CCN(C)CC2)cc1OCc1ccccc1. The van der Waals surface area contributed by atoms with Crippen molar-refractivity contribution in [3.05, 3.63) is 216 Å². The maximum atomic E-state index is 15.7. The van der Waals surface area contributed by atoms with Gasteiger partial charge in [-0.1, -0.05) is 121 Å². The van der Waals surface area contributed by atoms with Gasteiger partial charge in [0.25, 0.3) is 11.8 Å². The molecule has 0 spiro atoms. The number of hydrogen-bond acceptors (Lipinski definition) is 7. The second-order valence-electron chi connectivity index (χ2n) is 17.6. The maximum absolute atomic E-state index is 15.7. The molecule has 2 aliphatic rings. The summed E-state index contributed by atoms with van der Waals surface area (Å²) in [4.78, 5) is 39.8. The van der Waals surface area contributed by atoms with Crippen molar-refractivity contribution in [2.45, 2.75) is 32.2 Å². The Morgan fingerprint density at radius 1 is 0.618 bits per heavy atom. The van der Waals surface area contributed by atoms with Crippen LogP contribution in [0.2, 0.25) is 0 Å². The topological polar surface area (TPSA) is 79.7 Å². The summed E-state index contributed by atoms with van der Waals surface area (Å²) in [6, 6.07) is 57.2. The van der Waals surface area contributed by atoms with Gasteiger partial charge < -0.3 is 28.6 Å². The van der Waals surface area contributed by atoms with Crippen LogP contribution in [-0.4, -0.2) is 84.0 Å². The highest BCUT2D eigenvalue weighted by molar-refractivity contribution is 6.17. The lowest BCUT2D eigenvalue weighted by atomic mass is 9.92. The molecule has 0 radical (unpaired) electrons. The molecule has 0 N–H and O–H groups in total. The van der Waals surface area contributed by atoms with E-state index in [-0.39, 0.29) is 24.5 Å². The molecule has 3 heterocycles. The summed E-state index contributed by atoms with van der Waals surface area (Å²) >= 11 is 0. The molecule has 0 saturated carbocycles. The summed E-state index contributed by atoms with van der Waals surface area (Å²) in [5.74, 6) is 1.27. The van der Waals surface area contributed by atoms with E-state index in [1.807, 2.05) is 168 Å². The van der Waals surface area contributed by atoms with Gasteiger partial charge in [-0.3, -0.25) is 19.4 Å². The Hall–Kier alpha value is -7.66. The van der Waals surface area contributed by atoms with Crippen LogP contribution in [0.3, 0.4) is 0 Å². The van der Waals surface area contributed by atoms with E-state index in [1.165, 1.54) is 5.56 Å². The molecule has 342 valence electrons. The van der Waals surface area contributed by atoms with Gasteiger partial charge >= 0.3 is 0 Å². The number of methoxy groups -OCH3 is 1. The van der Waals surface area contributed by atoms with E-state index in [0.29, 0.717) is 58.6 Å². The lowest BCUT2D eigenvalue weighted by Crippen LogP contribution is -2.53. The van der Waals surface area contributed by atoms with Crippen molar-refractivity contribution in [3.63, 3.8) is 0 Å². The van der Waals surface area contributed by atoms with Gasteiger partial charge in [0, 0.05) is 74.3 Å². The minimum atomic E-state index is -0.230. The van der Waals surface area contributed by atoms with Gasteiger partial charge in [-0.25, -0.2) is 0 Å². The van der Waals surface area contributed by atoms with Crippen LogP contribution in [0.4, 0.5) is 11.4 Å². The Morgan fingerprint density at radius 3 is 1.91 bits per heavy atom. The standard InChI is InChI=1S/C58H55N5O5/c1-59-30-32-60(33-31-59)38-48-34-44-20-12-13-21-45(44)37-61(48)57(64)51-35-56(68-41-43-18-8-4-9-19-43)55(66-2)36-54(51)62-39-52(50-24-14-15-25-53(50)62)58(65)63(46-22-10-5-11-23-46)47-26-28-49(29-27-47)67-40-42-16-6-3-7-17-42/h3-29,35-36,39,48H,30-34,37-38,40-41H2,1-2H3/t48-/m0/s1. The van der Waals surface area contributed by atoms with Gasteiger partial charge in [0.2, 0.25) is 0 Å². The summed E-state index contributed by atoms with van der Waals surface area (Å²) in [7, 11) is 3.78. The highest BCUT2D eigenvalue weighted by Gasteiger charge is 2.35. The van der Waals surface area contributed by atoms with E-state index in [2.05, 4.69) is 39.9 Å². The molecule has 0 bridgehead atoms. The summed E-state index contributed by atoms with van der Waals surface area (Å²) in [5, 5.41) is 0.739. The van der Waals surface area contributed by atoms with E-state index in [9.17, 15) is 0 Å². The number of nitrogens with zero attached hydrogens (tertiary/aromatic N) is 5. The van der Waals surface area contributed by atoms with E-state index in [4.69, 9.17) is 14.2 Å². The number of carbonyl (C=O) groups is 2. The largest absolute Gasteiger partial charge is 0.493 e. The van der Waals surface area contributed by atoms with E-state index in [0.717, 1.165) is 66.7 Å². The van der Waals surface area contributed by atoms with Crippen LogP contribution >= 0.6 is 0 Å². The number of likely N-dealkylation sites (N-methyl/N-ethyl adjacent to an activating group) is 1. The van der Waals surface area contributed by atoms with Crippen molar-refractivity contribution in [2.24, 2.45) is 0 Å². The molecule has 1 aromatic heterocycles. The summed E-state index contributed by atoms with van der Waals surface area (Å²) in [6.45, 7) is 5.81. The highest BCUT2D eigenvalue weighted by Crippen LogP contribution is 2.39. The Balaban J connectivity index is 1.06. The molecular weight excluding hydrogens is 847 g/mol. The third-order valence-corrected chi connectivity index (χ3v) is 13.2. The molecule has 1 fully saturated rings. The number of rotatable bonds is 14. The number of anilines is 2. The van der Waals surface area contributed by atoms with Crippen molar-refractivity contribution in [3.8, 4) is 22.9 Å². The Kier molecular flexibility index (Phi) is 13.0. The van der Waals surface area contributed by atoms with Crippen LogP contribution in [-0.2, 0) is 26.2 Å². The maximum Gasteiger partial charge on any atom is 0.265 e. The summed E-state index contributed by atoms with van der Waals surface area (Å²) in [6.07, 6.45) is 2.61. The molecule has 7 aromatic carbocycles. The average molecular weight is 902 g/mol. The zero-order valence-corrected chi connectivity index (χ0v) is 38.5. The molecule has 0 aliphatic carbocycles. The number of carbonyl (C=O) groups excluding carboxylic acids is 2. The van der Waals surface area contributed by atoms with Crippen molar-refractivity contribution >= 4 is 34.1 Å². The normalized spacial score (nSPS) is 15.1. The fraction of sp³-hybridized carbons (Fsp3) is 0.207. The molecular formula is C58H55N5O5. The van der Waals surface area contributed by atoms with Gasteiger partial charge in [-0.05, 0) is 84.3 Å². The molecule has 10 heteroatoms. The predicted octanol–water partition coefficient (Wildman–Crippen LogP) is 10.6. The van der Waals surface area contributed by atoms with Crippen molar-refractivity contribution in [1.29, 1.82) is 0 Å². The van der Waals surface area contributed by atoms with Crippen molar-refractivity contribution in [1.82, 2.24) is 19.3 Å². The number of para-hydroxylation sites is 2. The molecule has 10 nitrogen and oxygen atoms in total. The first-order valence-electron chi connectivity index (χ1n) is 23.3. The first-order chi connectivity index (χ1) is 33.4. The molecule has 2 amide bonds. The van der Waals surface area contributed by atoms with Crippen LogP contribution in [0.1, 0.15) is 43.0 Å². The molecule has 1 atom stereocenters. The zero-order valence-electron chi connectivity index (χ0n) is 38.5. The number of ether oxygens (including phenoxy) is 3. The zero-order chi connectivity index (χ0) is 46.4. The van der Waals surface area contributed by atoms with Gasteiger partial charge in [0.1, 0.15) is 19.0 Å².